The lowest BCUT2D eigenvalue weighted by Crippen LogP contribution is -2.32. The van der Waals surface area contributed by atoms with Gasteiger partial charge in [-0.05, 0) is 52.7 Å². The summed E-state index contributed by atoms with van der Waals surface area (Å²) in [5.74, 6) is 0.423. The smallest absolute Gasteiger partial charge is 0.322 e. The molecule has 0 saturated carbocycles. The summed E-state index contributed by atoms with van der Waals surface area (Å²) in [5, 5.41) is 2.83. The number of rotatable bonds is 7. The number of hydrogen-bond acceptors (Lipinski definition) is 5. The number of halogens is 1. The number of nitrogens with one attached hydrogen (secondary N) is 1. The fraction of sp³-hybridized carbons (Fsp3) is 0.429. The van der Waals surface area contributed by atoms with Crippen LogP contribution in [0.1, 0.15) is 12.0 Å². The standard InChI is InChI=1S/C14H19BrN2O3S/c1-9-3-4-12(10(15)7-9)17-13(18)8-21-6-5-11(16)14(19)20-2/h3-4,7,11H,5-6,8,16H2,1-2H3,(H,17,18). The van der Waals surface area contributed by atoms with Crippen molar-refractivity contribution in [1.82, 2.24) is 0 Å². The number of carbonyl (C=O) groups excluding carboxylic acids is 2. The van der Waals surface area contributed by atoms with E-state index in [1.165, 1.54) is 18.9 Å². The Hall–Kier alpha value is -1.05. The van der Waals surface area contributed by atoms with Crippen molar-refractivity contribution in [2.24, 2.45) is 5.73 Å². The summed E-state index contributed by atoms with van der Waals surface area (Å²) < 4.78 is 5.39. The number of aryl methyl sites for hydroxylation is 1. The molecule has 0 radical (unpaired) electrons. The third-order valence-electron chi connectivity index (χ3n) is 2.71. The van der Waals surface area contributed by atoms with Gasteiger partial charge in [0.25, 0.3) is 0 Å². The molecule has 0 spiro atoms. The van der Waals surface area contributed by atoms with Gasteiger partial charge in [0.15, 0.2) is 0 Å². The normalized spacial score (nSPS) is 11.8. The monoisotopic (exact) mass is 374 g/mol. The van der Waals surface area contributed by atoms with Crippen LogP contribution in [-0.4, -0.2) is 36.5 Å². The Morgan fingerprint density at radius 1 is 1.48 bits per heavy atom. The van der Waals surface area contributed by atoms with Gasteiger partial charge in [-0.25, -0.2) is 0 Å². The van der Waals surface area contributed by atoms with Gasteiger partial charge in [0.05, 0.1) is 18.6 Å². The minimum atomic E-state index is -0.628. The van der Waals surface area contributed by atoms with Crippen molar-refractivity contribution in [1.29, 1.82) is 0 Å². The number of methoxy groups -OCH3 is 1. The number of esters is 1. The first kappa shape index (κ1) is 18.0. The molecule has 0 aliphatic rings. The number of anilines is 1. The molecule has 0 aromatic heterocycles. The number of benzene rings is 1. The first-order chi connectivity index (χ1) is 9.93. The highest BCUT2D eigenvalue weighted by Crippen LogP contribution is 2.23. The predicted octanol–water partition coefficient (Wildman–Crippen LogP) is 2.32. The highest BCUT2D eigenvalue weighted by Gasteiger charge is 2.13. The number of hydrogen-bond donors (Lipinski definition) is 2. The molecule has 1 amide bonds. The number of ether oxygens (including phenoxy) is 1. The molecule has 1 aromatic rings. The topological polar surface area (TPSA) is 81.4 Å². The van der Waals surface area contributed by atoms with Crippen molar-refractivity contribution in [2.45, 2.75) is 19.4 Å². The van der Waals surface area contributed by atoms with Crippen molar-refractivity contribution in [3.63, 3.8) is 0 Å². The molecule has 0 fully saturated rings. The van der Waals surface area contributed by atoms with Gasteiger partial charge in [0.1, 0.15) is 6.04 Å². The van der Waals surface area contributed by atoms with Gasteiger partial charge in [-0.15, -0.1) is 0 Å². The average molecular weight is 375 g/mol. The second-order valence-electron chi connectivity index (χ2n) is 4.50. The summed E-state index contributed by atoms with van der Waals surface area (Å²) in [5.41, 5.74) is 7.47. The Balaban J connectivity index is 2.30. The van der Waals surface area contributed by atoms with E-state index in [-0.39, 0.29) is 5.91 Å². The summed E-state index contributed by atoms with van der Waals surface area (Å²) in [7, 11) is 1.31. The van der Waals surface area contributed by atoms with Gasteiger partial charge in [0.2, 0.25) is 5.91 Å². The van der Waals surface area contributed by atoms with Gasteiger partial charge in [-0.2, -0.15) is 11.8 Å². The zero-order valence-electron chi connectivity index (χ0n) is 12.0. The molecular weight excluding hydrogens is 356 g/mol. The van der Waals surface area contributed by atoms with Crippen LogP contribution in [0.3, 0.4) is 0 Å². The zero-order valence-corrected chi connectivity index (χ0v) is 14.4. The molecule has 1 aromatic carbocycles. The number of amides is 1. The summed E-state index contributed by atoms with van der Waals surface area (Å²) in [6.07, 6.45) is 0.485. The lowest BCUT2D eigenvalue weighted by Gasteiger charge is -2.10. The first-order valence-electron chi connectivity index (χ1n) is 6.41. The van der Waals surface area contributed by atoms with E-state index in [9.17, 15) is 9.59 Å². The second-order valence-corrected chi connectivity index (χ2v) is 6.46. The maximum absolute atomic E-state index is 11.8. The van der Waals surface area contributed by atoms with E-state index in [2.05, 4.69) is 26.0 Å². The maximum atomic E-state index is 11.8. The Kier molecular flexibility index (Phi) is 7.77. The highest BCUT2D eigenvalue weighted by molar-refractivity contribution is 9.10. The zero-order chi connectivity index (χ0) is 15.8. The van der Waals surface area contributed by atoms with Crippen LogP contribution in [0.25, 0.3) is 0 Å². The molecule has 0 heterocycles. The SMILES string of the molecule is COC(=O)C(N)CCSCC(=O)Nc1ccc(C)cc1Br. The van der Waals surface area contributed by atoms with E-state index < -0.39 is 12.0 Å². The van der Waals surface area contributed by atoms with Gasteiger partial charge in [-0.3, -0.25) is 9.59 Å². The van der Waals surface area contributed by atoms with Crippen molar-refractivity contribution in [3.8, 4) is 0 Å². The van der Waals surface area contributed by atoms with Gasteiger partial charge < -0.3 is 15.8 Å². The summed E-state index contributed by atoms with van der Waals surface area (Å²) in [4.78, 5) is 22.9. The molecule has 1 unspecified atom stereocenters. The van der Waals surface area contributed by atoms with Crippen LogP contribution in [0.2, 0.25) is 0 Å². The Morgan fingerprint density at radius 3 is 2.81 bits per heavy atom. The van der Waals surface area contributed by atoms with E-state index in [0.29, 0.717) is 17.9 Å². The van der Waals surface area contributed by atoms with E-state index in [0.717, 1.165) is 15.7 Å². The Labute approximate surface area is 137 Å². The van der Waals surface area contributed by atoms with Crippen LogP contribution in [0.5, 0.6) is 0 Å². The van der Waals surface area contributed by atoms with Crippen molar-refractivity contribution < 1.29 is 14.3 Å². The minimum absolute atomic E-state index is 0.0869. The molecule has 5 nitrogen and oxygen atoms in total. The number of nitrogens with two attached hydrogens (primary N) is 1. The largest absolute Gasteiger partial charge is 0.468 e. The first-order valence-corrected chi connectivity index (χ1v) is 8.36. The minimum Gasteiger partial charge on any atom is -0.468 e. The van der Waals surface area contributed by atoms with Crippen molar-refractivity contribution in [3.05, 3.63) is 28.2 Å². The van der Waals surface area contributed by atoms with Crippen molar-refractivity contribution in [2.75, 3.05) is 23.9 Å². The van der Waals surface area contributed by atoms with Gasteiger partial charge >= 0.3 is 5.97 Å². The van der Waals surface area contributed by atoms with Crippen LogP contribution in [0.15, 0.2) is 22.7 Å². The number of thioether (sulfide) groups is 1. The van der Waals surface area contributed by atoms with Crippen LogP contribution in [0.4, 0.5) is 5.69 Å². The molecule has 1 atom stereocenters. The predicted molar refractivity (Wildman–Crippen MR) is 89.4 cm³/mol. The molecule has 0 aliphatic heterocycles. The van der Waals surface area contributed by atoms with Gasteiger partial charge in [0, 0.05) is 4.47 Å². The third kappa shape index (κ3) is 6.50. The average Bonchev–Trinajstić information content (AvgIpc) is 2.45. The molecule has 3 N–H and O–H groups in total. The summed E-state index contributed by atoms with van der Waals surface area (Å²) >= 11 is 4.84. The summed E-state index contributed by atoms with van der Waals surface area (Å²) in [6.45, 7) is 1.98. The highest BCUT2D eigenvalue weighted by atomic mass is 79.9. The fourth-order valence-corrected chi connectivity index (χ4v) is 2.97. The Morgan fingerprint density at radius 2 is 2.19 bits per heavy atom. The molecule has 0 saturated heterocycles. The van der Waals surface area contributed by atoms with Crippen LogP contribution >= 0.6 is 27.7 Å². The second kappa shape index (κ2) is 9.07. The van der Waals surface area contributed by atoms with E-state index >= 15 is 0 Å². The quantitative estimate of drug-likeness (QED) is 0.565. The van der Waals surface area contributed by atoms with E-state index in [4.69, 9.17) is 5.73 Å². The fourth-order valence-electron chi connectivity index (χ4n) is 1.55. The molecule has 116 valence electrons. The van der Waals surface area contributed by atoms with Crippen LogP contribution < -0.4 is 11.1 Å². The summed E-state index contributed by atoms with van der Waals surface area (Å²) in [6, 6.07) is 5.10. The molecule has 7 heteroatoms. The van der Waals surface area contributed by atoms with Crippen molar-refractivity contribution >= 4 is 45.3 Å². The third-order valence-corrected chi connectivity index (χ3v) is 4.36. The van der Waals surface area contributed by atoms with Crippen LogP contribution in [0, 0.1) is 6.92 Å². The van der Waals surface area contributed by atoms with E-state index in [1.54, 1.807) is 0 Å². The van der Waals surface area contributed by atoms with Crippen LogP contribution in [-0.2, 0) is 14.3 Å². The molecule has 0 bridgehead atoms. The van der Waals surface area contributed by atoms with Gasteiger partial charge in [-0.1, -0.05) is 6.07 Å². The number of carbonyl (C=O) groups is 2. The maximum Gasteiger partial charge on any atom is 0.322 e. The molecular formula is C14H19BrN2O3S. The molecule has 0 aliphatic carbocycles. The van der Waals surface area contributed by atoms with E-state index in [1.807, 2.05) is 25.1 Å². The Bertz CT molecular complexity index is 511. The molecule has 1 rings (SSSR count). The lowest BCUT2D eigenvalue weighted by molar-refractivity contribution is -0.142. The molecule has 21 heavy (non-hydrogen) atoms. The lowest BCUT2D eigenvalue weighted by atomic mass is 10.2.